The monoisotopic (exact) mass is 306 g/mol. The topological polar surface area (TPSA) is 92.6 Å². The minimum absolute atomic E-state index is 0.250. The van der Waals surface area contributed by atoms with E-state index < -0.39 is 0 Å². The first kappa shape index (κ1) is 16.5. The van der Waals surface area contributed by atoms with Gasteiger partial charge in [0, 0.05) is 44.3 Å². The van der Waals surface area contributed by atoms with Crippen molar-refractivity contribution >= 4 is 6.47 Å². The van der Waals surface area contributed by atoms with Gasteiger partial charge in [0.15, 0.2) is 0 Å². The van der Waals surface area contributed by atoms with Crippen molar-refractivity contribution in [3.05, 3.63) is 23.5 Å². The van der Waals surface area contributed by atoms with Gasteiger partial charge in [0.25, 0.3) is 6.47 Å². The van der Waals surface area contributed by atoms with E-state index in [0.717, 1.165) is 39.4 Å². The van der Waals surface area contributed by atoms with Crippen molar-refractivity contribution in [2.45, 2.75) is 12.6 Å². The fourth-order valence-electron chi connectivity index (χ4n) is 3.13. The number of hydrogen-bond acceptors (Lipinski definition) is 5. The van der Waals surface area contributed by atoms with E-state index in [-0.39, 0.29) is 6.47 Å². The lowest BCUT2D eigenvalue weighted by molar-refractivity contribution is -0.122. The number of likely N-dealkylation sites (N-methyl/N-ethyl adjacent to an activating group) is 1. The molecule has 0 saturated carbocycles. The maximum absolute atomic E-state index is 8.85. The zero-order valence-electron chi connectivity index (χ0n) is 12.7. The smallest absolute Gasteiger partial charge is 0.290 e. The van der Waals surface area contributed by atoms with Crippen LogP contribution < -0.4 is 0 Å². The summed E-state index contributed by atoms with van der Waals surface area (Å²) in [7, 11) is 2.19. The summed E-state index contributed by atoms with van der Waals surface area (Å²) in [6, 6.07) is 4.57. The number of H-pyrrole nitrogens is 1. The summed E-state index contributed by atoms with van der Waals surface area (Å²) in [5, 5.41) is 15.7. The fourth-order valence-corrected chi connectivity index (χ4v) is 3.13. The summed E-state index contributed by atoms with van der Waals surface area (Å²) >= 11 is 0. The van der Waals surface area contributed by atoms with Crippen molar-refractivity contribution in [1.82, 2.24) is 14.8 Å². The maximum Gasteiger partial charge on any atom is 0.290 e. The zero-order valence-corrected chi connectivity index (χ0v) is 12.7. The lowest BCUT2D eigenvalue weighted by Crippen LogP contribution is -2.41. The first-order valence-electron chi connectivity index (χ1n) is 7.31. The van der Waals surface area contributed by atoms with Crippen LogP contribution in [0.1, 0.15) is 11.3 Å². The number of aromatic amines is 1. The molecule has 2 aliphatic heterocycles. The molecule has 0 aliphatic carbocycles. The van der Waals surface area contributed by atoms with Gasteiger partial charge in [-0.25, -0.2) is 0 Å². The number of carbonyl (C=O) groups is 1. The van der Waals surface area contributed by atoms with E-state index >= 15 is 0 Å². The molecule has 2 N–H and O–H groups in total. The quantitative estimate of drug-likeness (QED) is 0.766. The highest BCUT2D eigenvalue weighted by molar-refractivity contribution is 5.32. The van der Waals surface area contributed by atoms with Gasteiger partial charge in [-0.2, -0.15) is 5.26 Å². The van der Waals surface area contributed by atoms with Gasteiger partial charge in [-0.15, -0.1) is 0 Å². The van der Waals surface area contributed by atoms with Crippen LogP contribution in [0.15, 0.2) is 12.3 Å². The number of carboxylic acid groups (broad SMARTS) is 1. The molecule has 0 spiro atoms. The average molecular weight is 306 g/mol. The summed E-state index contributed by atoms with van der Waals surface area (Å²) in [6.45, 7) is 5.61. The van der Waals surface area contributed by atoms with Crippen molar-refractivity contribution in [1.29, 1.82) is 5.26 Å². The Morgan fingerprint density at radius 3 is 2.95 bits per heavy atom. The predicted molar refractivity (Wildman–Crippen MR) is 80.2 cm³/mol. The van der Waals surface area contributed by atoms with Crippen molar-refractivity contribution in [3.63, 3.8) is 0 Å². The van der Waals surface area contributed by atoms with Gasteiger partial charge >= 0.3 is 0 Å². The average Bonchev–Trinajstić information content (AvgIpc) is 2.77. The minimum Gasteiger partial charge on any atom is -0.483 e. The molecule has 2 aliphatic rings. The number of aromatic nitrogens is 1. The summed E-state index contributed by atoms with van der Waals surface area (Å²) in [6.07, 6.45) is 1.94. The highest BCUT2D eigenvalue weighted by atomic mass is 16.5. The second kappa shape index (κ2) is 7.94. The highest BCUT2D eigenvalue weighted by Gasteiger charge is 2.31. The van der Waals surface area contributed by atoms with Crippen molar-refractivity contribution in [2.75, 3.05) is 39.9 Å². The third-order valence-electron chi connectivity index (χ3n) is 4.09. The second-order valence-electron chi connectivity index (χ2n) is 5.83. The van der Waals surface area contributed by atoms with Crippen LogP contribution in [0, 0.1) is 17.2 Å². The van der Waals surface area contributed by atoms with Gasteiger partial charge in [0.2, 0.25) is 0 Å². The first-order valence-corrected chi connectivity index (χ1v) is 7.31. The third-order valence-corrected chi connectivity index (χ3v) is 4.09. The largest absolute Gasteiger partial charge is 0.483 e. The molecule has 0 aromatic carbocycles. The van der Waals surface area contributed by atoms with Gasteiger partial charge in [-0.1, -0.05) is 0 Å². The van der Waals surface area contributed by atoms with E-state index in [4.69, 9.17) is 19.9 Å². The number of nitrogens with one attached hydrogen (secondary N) is 1. The molecule has 0 radical (unpaired) electrons. The van der Waals surface area contributed by atoms with E-state index in [1.54, 1.807) is 0 Å². The summed E-state index contributed by atoms with van der Waals surface area (Å²) in [5.41, 5.74) is 1.84. The van der Waals surface area contributed by atoms with Crippen LogP contribution in [-0.2, 0) is 16.1 Å². The zero-order chi connectivity index (χ0) is 15.9. The Balaban J connectivity index is 0.000000545. The highest BCUT2D eigenvalue weighted by Crippen LogP contribution is 2.20. The van der Waals surface area contributed by atoms with Crippen molar-refractivity contribution in [2.24, 2.45) is 5.92 Å². The molecule has 7 heteroatoms. The van der Waals surface area contributed by atoms with Gasteiger partial charge in [0.05, 0.1) is 13.2 Å². The summed E-state index contributed by atoms with van der Waals surface area (Å²) < 4.78 is 5.73. The molecule has 0 unspecified atom stereocenters. The van der Waals surface area contributed by atoms with Crippen LogP contribution in [0.2, 0.25) is 0 Å². The van der Waals surface area contributed by atoms with Gasteiger partial charge in [-0.3, -0.25) is 14.6 Å². The molecule has 7 nitrogen and oxygen atoms in total. The summed E-state index contributed by atoms with van der Waals surface area (Å²) in [4.78, 5) is 16.3. The number of fused-ring (bicyclic) bond motifs is 3. The van der Waals surface area contributed by atoms with Crippen LogP contribution in [0.25, 0.3) is 0 Å². The Morgan fingerprint density at radius 1 is 1.50 bits per heavy atom. The molecule has 120 valence electrons. The Kier molecular flexibility index (Phi) is 5.95. The van der Waals surface area contributed by atoms with E-state index in [1.807, 2.05) is 12.3 Å². The predicted octanol–water partition coefficient (Wildman–Crippen LogP) is 0.350. The Hall–Kier alpha value is -1.88. The van der Waals surface area contributed by atoms with Crippen LogP contribution in [0.5, 0.6) is 0 Å². The lowest BCUT2D eigenvalue weighted by Gasteiger charge is -2.29. The van der Waals surface area contributed by atoms with Crippen molar-refractivity contribution < 1.29 is 14.6 Å². The standard InChI is InChI=1S/C14H20N4O.CH2O2/c1-17-5-12-7-18(8-14(17)10-19-9-12)6-11-2-13(3-15)16-4-11;2-1-3/h2,4,12,14,16H,5-10H2,1H3;1H,(H,2,3)/t12-,14+;/m1./s1. The van der Waals surface area contributed by atoms with Crippen LogP contribution in [-0.4, -0.2) is 72.3 Å². The first-order chi connectivity index (χ1) is 10.7. The van der Waals surface area contributed by atoms with Gasteiger partial charge in [0.1, 0.15) is 11.8 Å². The van der Waals surface area contributed by atoms with Crippen LogP contribution >= 0.6 is 0 Å². The molecular formula is C15H22N4O3. The molecule has 3 rings (SSSR count). The van der Waals surface area contributed by atoms with Crippen LogP contribution in [0.4, 0.5) is 0 Å². The molecule has 3 heterocycles. The lowest BCUT2D eigenvalue weighted by atomic mass is 10.1. The minimum atomic E-state index is -0.250. The van der Waals surface area contributed by atoms with Crippen LogP contribution in [0.3, 0.4) is 0 Å². The number of rotatable bonds is 2. The van der Waals surface area contributed by atoms with E-state index in [0.29, 0.717) is 17.7 Å². The molecule has 1 aromatic heterocycles. The Morgan fingerprint density at radius 2 is 2.27 bits per heavy atom. The fraction of sp³-hybridized carbons (Fsp3) is 0.600. The normalized spacial score (nSPS) is 25.5. The van der Waals surface area contributed by atoms with Crippen molar-refractivity contribution in [3.8, 4) is 6.07 Å². The molecular weight excluding hydrogens is 284 g/mol. The van der Waals surface area contributed by atoms with E-state index in [2.05, 4.69) is 27.9 Å². The number of nitrogens with zero attached hydrogens (tertiary/aromatic N) is 3. The maximum atomic E-state index is 8.85. The number of hydrogen-bond donors (Lipinski definition) is 2. The number of nitriles is 1. The Labute approximate surface area is 130 Å². The van der Waals surface area contributed by atoms with E-state index in [9.17, 15) is 0 Å². The summed E-state index contributed by atoms with van der Waals surface area (Å²) in [5.74, 6) is 0.590. The molecule has 2 bridgehead atoms. The molecule has 22 heavy (non-hydrogen) atoms. The third kappa shape index (κ3) is 4.31. The second-order valence-corrected chi connectivity index (χ2v) is 5.83. The van der Waals surface area contributed by atoms with Gasteiger partial charge in [-0.05, 0) is 18.7 Å². The number of ether oxygens (including phenoxy) is 1. The Bertz CT molecular complexity index is 525. The molecule has 2 atom stereocenters. The molecule has 2 saturated heterocycles. The molecule has 2 fully saturated rings. The molecule has 0 amide bonds. The molecule has 1 aromatic rings. The van der Waals surface area contributed by atoms with E-state index in [1.165, 1.54) is 5.56 Å². The van der Waals surface area contributed by atoms with Gasteiger partial charge < -0.3 is 14.8 Å². The SMILES string of the molecule is CN1C[C@H]2COC[C@@H]1CN(Cc1c[nH]c(C#N)c1)C2.O=CO.